The first kappa shape index (κ1) is 15.3. The van der Waals surface area contributed by atoms with E-state index in [1.54, 1.807) is 0 Å². The largest absolute Gasteiger partial charge is 0.465 e. The summed E-state index contributed by atoms with van der Waals surface area (Å²) in [7, 11) is 0.867. The number of pyridine rings is 1. The zero-order chi connectivity index (χ0) is 14.8. The molecule has 0 atom stereocenters. The van der Waals surface area contributed by atoms with Gasteiger partial charge in [0.05, 0.1) is 18.2 Å². The molecular formula is C10H9F5N2O2. The summed E-state index contributed by atoms with van der Waals surface area (Å²) >= 11 is 0. The third-order valence-electron chi connectivity index (χ3n) is 2.31. The van der Waals surface area contributed by atoms with Gasteiger partial charge in [-0.1, -0.05) is 0 Å². The summed E-state index contributed by atoms with van der Waals surface area (Å²) < 4.78 is 68.1. The summed E-state index contributed by atoms with van der Waals surface area (Å²) in [5.41, 5.74) is 0.585. The lowest BCUT2D eigenvalue weighted by Gasteiger charge is -2.17. The smallest absolute Gasteiger partial charge is 0.417 e. The average molecular weight is 284 g/mol. The molecule has 0 aliphatic rings. The second kappa shape index (κ2) is 5.47. The van der Waals surface area contributed by atoms with E-state index in [0.717, 1.165) is 7.11 Å². The Hall–Kier alpha value is -1.77. The lowest BCUT2D eigenvalue weighted by Crippen LogP contribution is -2.21. The molecule has 9 heteroatoms. The van der Waals surface area contributed by atoms with Crippen molar-refractivity contribution in [3.63, 3.8) is 0 Å². The number of nitrogens with two attached hydrogens (primary N) is 1. The molecule has 0 radical (unpaired) electrons. The van der Waals surface area contributed by atoms with Gasteiger partial charge in [-0.05, 0) is 0 Å². The van der Waals surface area contributed by atoms with Crippen LogP contribution in [0.2, 0.25) is 0 Å². The molecule has 0 amide bonds. The molecule has 0 bridgehead atoms. The van der Waals surface area contributed by atoms with Crippen LogP contribution in [-0.2, 0) is 17.5 Å². The molecule has 1 heterocycles. The van der Waals surface area contributed by atoms with Crippen LogP contribution in [0.25, 0.3) is 0 Å². The van der Waals surface area contributed by atoms with Crippen molar-refractivity contribution < 1.29 is 31.5 Å². The fourth-order valence-corrected chi connectivity index (χ4v) is 1.55. The fraction of sp³-hybridized carbons (Fsp3) is 0.400. The molecule has 106 valence electrons. The molecular weight excluding hydrogens is 275 g/mol. The van der Waals surface area contributed by atoms with E-state index < -0.39 is 47.5 Å². The van der Waals surface area contributed by atoms with Gasteiger partial charge in [-0.15, -0.1) is 0 Å². The van der Waals surface area contributed by atoms with Crippen LogP contribution >= 0.6 is 0 Å². The van der Waals surface area contributed by atoms with Crippen LogP contribution in [0.3, 0.4) is 0 Å². The van der Waals surface area contributed by atoms with Crippen molar-refractivity contribution in [2.45, 2.75) is 19.1 Å². The summed E-state index contributed by atoms with van der Waals surface area (Å²) in [5, 5.41) is 0. The zero-order valence-electron chi connectivity index (χ0n) is 9.59. The minimum Gasteiger partial charge on any atom is -0.465 e. The van der Waals surface area contributed by atoms with E-state index in [-0.39, 0.29) is 0 Å². The van der Waals surface area contributed by atoms with E-state index in [1.807, 2.05) is 0 Å². The number of halogens is 5. The third-order valence-corrected chi connectivity index (χ3v) is 2.31. The monoisotopic (exact) mass is 284 g/mol. The van der Waals surface area contributed by atoms with Gasteiger partial charge >= 0.3 is 12.1 Å². The number of nitrogens with zero attached hydrogens (tertiary/aromatic N) is 1. The Bertz CT molecular complexity index is 488. The molecule has 19 heavy (non-hydrogen) atoms. The maximum atomic E-state index is 12.9. The molecule has 1 rings (SSSR count). The lowest BCUT2D eigenvalue weighted by molar-refractivity contribution is -0.139. The molecule has 0 aromatic carbocycles. The van der Waals surface area contributed by atoms with Gasteiger partial charge in [-0.2, -0.15) is 13.2 Å². The van der Waals surface area contributed by atoms with Gasteiger partial charge in [0.25, 0.3) is 6.43 Å². The highest BCUT2D eigenvalue weighted by Crippen LogP contribution is 2.37. The van der Waals surface area contributed by atoms with Gasteiger partial charge in [0.15, 0.2) is 0 Å². The molecule has 1 aromatic rings. The SMILES string of the molecule is COC(=O)c1cnc(C(F)F)c(CN)c1C(F)(F)F. The number of carbonyl (C=O) groups excluding carboxylic acids is 1. The number of ether oxygens (including phenoxy) is 1. The van der Waals surface area contributed by atoms with Gasteiger partial charge in [0.1, 0.15) is 5.69 Å². The number of alkyl halides is 5. The van der Waals surface area contributed by atoms with Gasteiger partial charge in [0.2, 0.25) is 0 Å². The first-order valence-electron chi connectivity index (χ1n) is 4.89. The van der Waals surface area contributed by atoms with Crippen LogP contribution in [0.1, 0.15) is 33.6 Å². The summed E-state index contributed by atoms with van der Waals surface area (Å²) in [4.78, 5) is 14.4. The van der Waals surface area contributed by atoms with Crippen molar-refractivity contribution in [1.82, 2.24) is 4.98 Å². The number of rotatable bonds is 3. The van der Waals surface area contributed by atoms with E-state index >= 15 is 0 Å². The van der Waals surface area contributed by atoms with E-state index in [1.165, 1.54) is 0 Å². The molecule has 0 fully saturated rings. The fourth-order valence-electron chi connectivity index (χ4n) is 1.55. The summed E-state index contributed by atoms with van der Waals surface area (Å²) in [6, 6.07) is 0. The first-order chi connectivity index (χ1) is 8.73. The molecule has 1 aromatic heterocycles. The topological polar surface area (TPSA) is 65.2 Å². The Morgan fingerprint density at radius 1 is 1.47 bits per heavy atom. The molecule has 0 saturated carbocycles. The van der Waals surface area contributed by atoms with E-state index in [2.05, 4.69) is 9.72 Å². The Kier molecular flexibility index (Phi) is 4.40. The van der Waals surface area contributed by atoms with E-state index in [0.29, 0.717) is 6.20 Å². The lowest BCUT2D eigenvalue weighted by atomic mass is 10.0. The average Bonchev–Trinajstić information content (AvgIpc) is 2.34. The predicted molar refractivity (Wildman–Crippen MR) is 53.4 cm³/mol. The Morgan fingerprint density at radius 2 is 2.05 bits per heavy atom. The van der Waals surface area contributed by atoms with E-state index in [4.69, 9.17) is 5.73 Å². The Morgan fingerprint density at radius 3 is 2.42 bits per heavy atom. The molecule has 0 aliphatic heterocycles. The maximum absolute atomic E-state index is 12.9. The minimum atomic E-state index is -5.02. The number of carbonyl (C=O) groups is 1. The summed E-state index contributed by atoms with van der Waals surface area (Å²) in [6.45, 7) is -0.827. The second-order valence-electron chi connectivity index (χ2n) is 3.40. The van der Waals surface area contributed by atoms with Crippen LogP contribution in [0.15, 0.2) is 6.20 Å². The molecule has 0 spiro atoms. The molecule has 2 N–H and O–H groups in total. The molecule has 0 saturated heterocycles. The number of hydrogen-bond acceptors (Lipinski definition) is 4. The number of hydrogen-bond donors (Lipinski definition) is 1. The summed E-state index contributed by atoms with van der Waals surface area (Å²) in [5.74, 6) is -1.32. The predicted octanol–water partition coefficient (Wildman–Crippen LogP) is 2.28. The van der Waals surface area contributed by atoms with Crippen molar-refractivity contribution in [3.05, 3.63) is 28.6 Å². The first-order valence-corrected chi connectivity index (χ1v) is 4.89. The van der Waals surface area contributed by atoms with Crippen molar-refractivity contribution in [2.75, 3.05) is 7.11 Å². The maximum Gasteiger partial charge on any atom is 0.417 e. The quantitative estimate of drug-likeness (QED) is 0.683. The van der Waals surface area contributed by atoms with Gasteiger partial charge in [0, 0.05) is 18.3 Å². The van der Waals surface area contributed by atoms with Crippen LogP contribution in [-0.4, -0.2) is 18.1 Å². The Labute approximate surface area is 104 Å². The zero-order valence-corrected chi connectivity index (χ0v) is 9.59. The van der Waals surface area contributed by atoms with Crippen LogP contribution in [0.4, 0.5) is 22.0 Å². The highest BCUT2D eigenvalue weighted by molar-refractivity contribution is 5.91. The second-order valence-corrected chi connectivity index (χ2v) is 3.40. The van der Waals surface area contributed by atoms with Gasteiger partial charge in [-0.3, -0.25) is 4.98 Å². The normalized spacial score (nSPS) is 11.8. The van der Waals surface area contributed by atoms with Crippen LogP contribution in [0, 0.1) is 0 Å². The van der Waals surface area contributed by atoms with E-state index in [9.17, 15) is 26.7 Å². The highest BCUT2D eigenvalue weighted by atomic mass is 19.4. The van der Waals surface area contributed by atoms with Crippen molar-refractivity contribution >= 4 is 5.97 Å². The van der Waals surface area contributed by atoms with Crippen molar-refractivity contribution in [1.29, 1.82) is 0 Å². The van der Waals surface area contributed by atoms with Gasteiger partial charge in [-0.25, -0.2) is 13.6 Å². The number of methoxy groups -OCH3 is 1. The third kappa shape index (κ3) is 2.98. The number of aromatic nitrogens is 1. The van der Waals surface area contributed by atoms with Crippen LogP contribution in [0.5, 0.6) is 0 Å². The molecule has 0 aliphatic carbocycles. The summed E-state index contributed by atoms with van der Waals surface area (Å²) in [6.07, 6.45) is -7.84. The van der Waals surface area contributed by atoms with Gasteiger partial charge < -0.3 is 10.5 Å². The molecule has 0 unspecified atom stereocenters. The van der Waals surface area contributed by atoms with Crippen LogP contribution < -0.4 is 5.73 Å². The highest BCUT2D eigenvalue weighted by Gasteiger charge is 2.40. The molecule has 4 nitrogen and oxygen atoms in total. The minimum absolute atomic E-state index is 0.412. The standard InChI is InChI=1S/C10H9F5N2O2/c1-19-9(18)5-3-17-7(8(11)12)4(2-16)6(5)10(13,14)15/h3,8H,2,16H2,1H3. The van der Waals surface area contributed by atoms with Crippen molar-refractivity contribution in [2.24, 2.45) is 5.73 Å². The van der Waals surface area contributed by atoms with Crippen molar-refractivity contribution in [3.8, 4) is 0 Å². The Balaban J connectivity index is 3.66. The number of esters is 1.